The summed E-state index contributed by atoms with van der Waals surface area (Å²) in [4.78, 5) is 75.4. The van der Waals surface area contributed by atoms with Gasteiger partial charge in [-0.3, -0.25) is 28.8 Å². The molecule has 6 atom stereocenters. The van der Waals surface area contributed by atoms with Gasteiger partial charge in [-0.1, -0.05) is 18.2 Å². The average Bonchev–Trinajstić information content (AvgIpc) is 3.73. The van der Waals surface area contributed by atoms with E-state index in [0.29, 0.717) is 19.3 Å². The Balaban J connectivity index is 1.73. The first-order valence-corrected chi connectivity index (χ1v) is 12.2. The number of ether oxygens (including phenoxy) is 2. The monoisotopic (exact) mass is 498 g/mol. The maximum Gasteiger partial charge on any atom is 0.320 e. The predicted octanol–water partition coefficient (Wildman–Crippen LogP) is 2.99. The molecular weight excluding hydrogens is 464 g/mol. The van der Waals surface area contributed by atoms with E-state index in [4.69, 9.17) is 9.47 Å². The fourth-order valence-corrected chi connectivity index (χ4v) is 5.46. The van der Waals surface area contributed by atoms with Crippen LogP contribution in [0.15, 0.2) is 38.0 Å². The number of allylic oxidation sites excluding steroid dienone is 3. The maximum atomic E-state index is 13.2. The van der Waals surface area contributed by atoms with Crippen LogP contribution < -0.4 is 0 Å². The molecule has 8 heteroatoms. The van der Waals surface area contributed by atoms with Crippen LogP contribution in [0.4, 0.5) is 0 Å². The average molecular weight is 499 g/mol. The zero-order valence-corrected chi connectivity index (χ0v) is 21.2. The summed E-state index contributed by atoms with van der Waals surface area (Å²) in [5, 5.41) is 0. The van der Waals surface area contributed by atoms with Crippen LogP contribution in [0.3, 0.4) is 0 Å². The summed E-state index contributed by atoms with van der Waals surface area (Å²) in [6.45, 7) is 14.4. The molecule has 0 aromatic rings. The van der Waals surface area contributed by atoms with Gasteiger partial charge in [-0.05, 0) is 46.0 Å². The predicted molar refractivity (Wildman–Crippen MR) is 129 cm³/mol. The number of carbonyl (C=O) groups excluding carboxylic acids is 6. The zero-order valence-electron chi connectivity index (χ0n) is 21.2. The topological polar surface area (TPSA) is 121 Å². The number of Topliss-reactive ketones (excluding diaryl/α,β-unsaturated/α-hetero) is 4. The van der Waals surface area contributed by atoms with Crippen molar-refractivity contribution in [2.75, 3.05) is 13.2 Å². The van der Waals surface area contributed by atoms with Crippen molar-refractivity contribution in [2.45, 2.75) is 46.5 Å². The van der Waals surface area contributed by atoms with E-state index < -0.39 is 34.1 Å². The normalized spacial score (nSPS) is 34.4. The molecule has 3 aliphatic rings. The number of hydrogen-bond acceptors (Lipinski definition) is 8. The van der Waals surface area contributed by atoms with Crippen LogP contribution >= 0.6 is 0 Å². The molecule has 0 aliphatic heterocycles. The minimum absolute atomic E-state index is 0.180. The highest BCUT2D eigenvalue weighted by Gasteiger charge is 2.65. The maximum absolute atomic E-state index is 13.2. The molecule has 0 amide bonds. The van der Waals surface area contributed by atoms with E-state index in [1.54, 1.807) is 6.08 Å². The third-order valence-electron chi connectivity index (χ3n) is 8.38. The van der Waals surface area contributed by atoms with Crippen LogP contribution in [0.1, 0.15) is 46.5 Å². The van der Waals surface area contributed by atoms with E-state index in [1.807, 2.05) is 0 Å². The summed E-state index contributed by atoms with van der Waals surface area (Å²) in [6, 6.07) is 0. The van der Waals surface area contributed by atoms with Crippen molar-refractivity contribution in [1.29, 1.82) is 0 Å². The molecule has 3 rings (SSSR count). The second-order valence-electron chi connectivity index (χ2n) is 10.4. The highest BCUT2D eigenvalue weighted by atomic mass is 16.5. The van der Waals surface area contributed by atoms with Crippen molar-refractivity contribution in [3.63, 3.8) is 0 Å². The number of ketones is 4. The molecule has 0 aromatic carbocycles. The molecule has 0 bridgehead atoms. The summed E-state index contributed by atoms with van der Waals surface area (Å²) < 4.78 is 10.9. The Labute approximate surface area is 211 Å². The van der Waals surface area contributed by atoms with Crippen LogP contribution in [-0.2, 0) is 38.2 Å². The Kier molecular flexibility index (Phi) is 7.40. The quantitative estimate of drug-likeness (QED) is 0.192. The van der Waals surface area contributed by atoms with Gasteiger partial charge in [-0.25, -0.2) is 0 Å². The fraction of sp³-hybridized carbons (Fsp3) is 0.571. The van der Waals surface area contributed by atoms with Gasteiger partial charge in [0, 0.05) is 24.2 Å². The van der Waals surface area contributed by atoms with Crippen molar-refractivity contribution in [3.8, 4) is 0 Å². The Hall–Kier alpha value is -3.16. The van der Waals surface area contributed by atoms with Crippen molar-refractivity contribution in [2.24, 2.45) is 39.9 Å². The van der Waals surface area contributed by atoms with E-state index in [1.165, 1.54) is 32.9 Å². The van der Waals surface area contributed by atoms with Crippen LogP contribution in [0.25, 0.3) is 0 Å². The van der Waals surface area contributed by atoms with Gasteiger partial charge in [-0.2, -0.15) is 0 Å². The van der Waals surface area contributed by atoms with E-state index >= 15 is 0 Å². The molecule has 3 saturated carbocycles. The largest absolute Gasteiger partial charge is 0.464 e. The standard InChI is InChI=1S/C28H34O8/c1-7-20-11-26(20,16(4)29)23(32)10-19(14-35-24(33)27(17(5)30)12-21(27)8-2)15-36-25(34)28(18(6)31)13-22(28)9-3/h7-9,19-22H,1-3,10-15H2,4-6H3. The molecule has 36 heavy (non-hydrogen) atoms. The van der Waals surface area contributed by atoms with Gasteiger partial charge in [0.2, 0.25) is 0 Å². The first-order valence-electron chi connectivity index (χ1n) is 12.2. The summed E-state index contributed by atoms with van der Waals surface area (Å²) in [7, 11) is 0. The summed E-state index contributed by atoms with van der Waals surface area (Å²) in [5.41, 5.74) is -3.71. The SMILES string of the molecule is C=CC1CC1(C(C)=O)C(=O)CC(COC(=O)C1(C(C)=O)CC1C=C)COC(=O)C1(C(C)=O)CC1C=C. The van der Waals surface area contributed by atoms with Gasteiger partial charge in [0.1, 0.15) is 34.0 Å². The Morgan fingerprint density at radius 1 is 0.694 bits per heavy atom. The van der Waals surface area contributed by atoms with Crippen molar-refractivity contribution in [3.05, 3.63) is 38.0 Å². The molecule has 0 saturated heterocycles. The van der Waals surface area contributed by atoms with Crippen molar-refractivity contribution in [1.82, 2.24) is 0 Å². The number of rotatable bonds is 15. The number of esters is 2. The molecule has 194 valence electrons. The lowest BCUT2D eigenvalue weighted by atomic mass is 9.87. The molecule has 8 nitrogen and oxygen atoms in total. The molecule has 3 fully saturated rings. The van der Waals surface area contributed by atoms with E-state index in [-0.39, 0.29) is 60.5 Å². The summed E-state index contributed by atoms with van der Waals surface area (Å²) >= 11 is 0. The van der Waals surface area contributed by atoms with Gasteiger partial charge in [0.25, 0.3) is 0 Å². The minimum Gasteiger partial charge on any atom is -0.464 e. The first kappa shape index (κ1) is 27.4. The van der Waals surface area contributed by atoms with Gasteiger partial charge >= 0.3 is 11.9 Å². The van der Waals surface area contributed by atoms with Crippen LogP contribution in [0.5, 0.6) is 0 Å². The second kappa shape index (κ2) is 9.71. The van der Waals surface area contributed by atoms with E-state index in [0.717, 1.165) is 0 Å². The van der Waals surface area contributed by atoms with Gasteiger partial charge in [0.05, 0.1) is 18.6 Å². The van der Waals surface area contributed by atoms with E-state index in [9.17, 15) is 28.8 Å². The van der Waals surface area contributed by atoms with Gasteiger partial charge in [0.15, 0.2) is 0 Å². The molecule has 0 radical (unpaired) electrons. The lowest BCUT2D eigenvalue weighted by molar-refractivity contribution is -0.160. The molecule has 3 aliphatic carbocycles. The summed E-state index contributed by atoms with van der Waals surface area (Å²) in [6.07, 6.45) is 5.45. The fourth-order valence-electron chi connectivity index (χ4n) is 5.46. The first-order chi connectivity index (χ1) is 16.9. The molecular formula is C28H34O8. The third kappa shape index (κ3) is 4.31. The number of hydrogen-bond donors (Lipinski definition) is 0. The molecule has 0 N–H and O–H groups in total. The lowest BCUT2D eigenvalue weighted by Crippen LogP contribution is -2.35. The van der Waals surface area contributed by atoms with Crippen LogP contribution in [0, 0.1) is 39.9 Å². The molecule has 0 spiro atoms. The number of carbonyl (C=O) groups is 6. The van der Waals surface area contributed by atoms with Crippen LogP contribution in [0.2, 0.25) is 0 Å². The Morgan fingerprint density at radius 3 is 1.31 bits per heavy atom. The van der Waals surface area contributed by atoms with E-state index in [2.05, 4.69) is 19.7 Å². The summed E-state index contributed by atoms with van der Waals surface area (Å²) in [5.74, 6) is -4.36. The van der Waals surface area contributed by atoms with Gasteiger partial charge < -0.3 is 9.47 Å². The Morgan fingerprint density at radius 2 is 1.03 bits per heavy atom. The Bertz CT molecular complexity index is 1000. The van der Waals surface area contributed by atoms with Crippen molar-refractivity contribution < 1.29 is 38.2 Å². The molecule has 6 unspecified atom stereocenters. The zero-order chi connectivity index (χ0) is 27.1. The lowest BCUT2D eigenvalue weighted by Gasteiger charge is -2.22. The molecule has 0 aromatic heterocycles. The van der Waals surface area contributed by atoms with Crippen LogP contribution in [-0.4, -0.2) is 48.3 Å². The van der Waals surface area contributed by atoms with Crippen molar-refractivity contribution >= 4 is 35.1 Å². The van der Waals surface area contributed by atoms with Gasteiger partial charge in [-0.15, -0.1) is 19.7 Å². The second-order valence-corrected chi connectivity index (χ2v) is 10.4. The highest BCUT2D eigenvalue weighted by Crippen LogP contribution is 2.57. The minimum atomic E-state index is -1.28. The highest BCUT2D eigenvalue weighted by molar-refractivity contribution is 6.10. The smallest absolute Gasteiger partial charge is 0.320 e. The molecule has 0 heterocycles. The third-order valence-corrected chi connectivity index (χ3v) is 8.38.